The van der Waals surface area contributed by atoms with Crippen molar-refractivity contribution < 1.29 is 32.4 Å². The number of halogens is 4. The van der Waals surface area contributed by atoms with E-state index in [2.05, 4.69) is 15.5 Å². The van der Waals surface area contributed by atoms with Gasteiger partial charge in [0.15, 0.2) is 0 Å². The lowest BCUT2D eigenvalue weighted by atomic mass is 9.99. The number of nitrogen functional groups attached to an aromatic ring is 1. The van der Waals surface area contributed by atoms with Crippen LogP contribution in [0, 0.1) is 0 Å². The van der Waals surface area contributed by atoms with Crippen molar-refractivity contribution in [3.05, 3.63) is 58.1 Å². The Morgan fingerprint density at radius 2 is 1.77 bits per heavy atom. The normalized spacial score (nSPS) is 19.2. The van der Waals surface area contributed by atoms with Crippen LogP contribution in [-0.2, 0) is 28.7 Å². The molecule has 2 aromatic carbocycles. The molecule has 2 aromatic rings. The van der Waals surface area contributed by atoms with Crippen molar-refractivity contribution in [1.82, 2.24) is 25.1 Å². The lowest BCUT2D eigenvalue weighted by Gasteiger charge is -2.38. The Balaban J connectivity index is 1.23. The molecule has 0 radical (unpaired) electrons. The highest BCUT2D eigenvalue weighted by Gasteiger charge is 2.36. The number of alkyl halides is 3. The van der Waals surface area contributed by atoms with E-state index < -0.39 is 35.5 Å². The average Bonchev–Trinajstić information content (AvgIpc) is 3.20. The number of hydrogen-bond donors (Lipinski definition) is 3. The maximum absolute atomic E-state index is 13.7. The maximum Gasteiger partial charge on any atom is 0.426 e. The Bertz CT molecular complexity index is 1460. The fourth-order valence-electron chi connectivity index (χ4n) is 6.55. The quantitative estimate of drug-likeness (QED) is 0.366. The van der Waals surface area contributed by atoms with Crippen LogP contribution in [0.3, 0.4) is 0 Å². The van der Waals surface area contributed by atoms with E-state index in [1.807, 2.05) is 43.3 Å². The van der Waals surface area contributed by atoms with E-state index in [0.717, 1.165) is 36.6 Å². The second-order valence-electron chi connectivity index (χ2n) is 12.5. The fourth-order valence-corrected chi connectivity index (χ4v) is 6.80. The molecule has 47 heavy (non-hydrogen) atoms. The molecule has 1 unspecified atom stereocenters. The molecule has 3 aliphatic rings. The van der Waals surface area contributed by atoms with Crippen molar-refractivity contribution in [3.63, 3.8) is 0 Å². The van der Waals surface area contributed by atoms with Crippen LogP contribution in [0.15, 0.2) is 36.4 Å². The summed E-state index contributed by atoms with van der Waals surface area (Å²) in [6.45, 7) is 2.15. The number of nitrogens with two attached hydrogens (primary N) is 1. The van der Waals surface area contributed by atoms with Gasteiger partial charge in [-0.3, -0.25) is 4.79 Å². The summed E-state index contributed by atoms with van der Waals surface area (Å²) < 4.78 is 41.0. The number of amides is 4. The van der Waals surface area contributed by atoms with Gasteiger partial charge in [-0.05, 0) is 75.5 Å². The van der Waals surface area contributed by atoms with Crippen LogP contribution in [-0.4, -0.2) is 103 Å². The average molecular weight is 680 g/mol. The number of fused-ring (bicyclic) bond motifs is 1. The lowest BCUT2D eigenvalue weighted by Crippen LogP contribution is -2.54. The molecule has 0 aliphatic carbocycles. The summed E-state index contributed by atoms with van der Waals surface area (Å²) in [5, 5.41) is 6.76. The molecular weight excluding hydrogens is 639 g/mol. The molecule has 2 fully saturated rings. The number of urea groups is 1. The third-order valence-corrected chi connectivity index (χ3v) is 9.56. The van der Waals surface area contributed by atoms with Crippen LogP contribution >= 0.6 is 11.6 Å². The molecule has 5 rings (SSSR count). The molecule has 0 aromatic heterocycles. The van der Waals surface area contributed by atoms with E-state index in [1.165, 1.54) is 11.1 Å². The molecule has 3 aliphatic heterocycles. The number of carbonyl (C=O) groups excluding carboxylic acids is 3. The standard InChI is InChI=1S/C32H41ClF3N7O4/c1-40(2)22-8-12-41(13-9-22)29(44)27(19-20-17-24(32(34,35)36)28(37)25(33)18-20)39-31(46)47-42-14-10-23(11-15-42)43-16-7-21-5-3-4-6-26(21)38-30(43)45/h3-6,17-18,22-23,27H,7-16,19,37H2,1-2H3,(H,38,45)(H,39,46). The zero-order valence-electron chi connectivity index (χ0n) is 26.5. The van der Waals surface area contributed by atoms with E-state index in [1.54, 1.807) is 4.90 Å². The van der Waals surface area contributed by atoms with Crippen LogP contribution in [0.5, 0.6) is 0 Å². The van der Waals surface area contributed by atoms with E-state index in [-0.39, 0.29) is 29.1 Å². The first kappa shape index (κ1) is 34.6. The molecule has 15 heteroatoms. The highest BCUT2D eigenvalue weighted by atomic mass is 35.5. The van der Waals surface area contributed by atoms with Crippen LogP contribution in [0.25, 0.3) is 0 Å². The molecule has 3 heterocycles. The summed E-state index contributed by atoms with van der Waals surface area (Å²) in [5.74, 6) is -0.424. The summed E-state index contributed by atoms with van der Waals surface area (Å²) in [4.78, 5) is 50.9. The zero-order chi connectivity index (χ0) is 33.9. The van der Waals surface area contributed by atoms with Crippen molar-refractivity contribution in [3.8, 4) is 0 Å². The van der Waals surface area contributed by atoms with Gasteiger partial charge in [0.05, 0.1) is 16.3 Å². The second kappa shape index (κ2) is 14.6. The predicted octanol–water partition coefficient (Wildman–Crippen LogP) is 4.60. The van der Waals surface area contributed by atoms with E-state index >= 15 is 0 Å². The van der Waals surface area contributed by atoms with Gasteiger partial charge in [0.1, 0.15) is 6.04 Å². The number of hydroxylamine groups is 2. The Kier molecular flexibility index (Phi) is 10.7. The first-order valence-electron chi connectivity index (χ1n) is 15.8. The third kappa shape index (κ3) is 8.40. The number of rotatable bonds is 7. The molecule has 1 atom stereocenters. The molecule has 0 saturated carbocycles. The zero-order valence-corrected chi connectivity index (χ0v) is 27.2. The highest BCUT2D eigenvalue weighted by molar-refractivity contribution is 6.33. The van der Waals surface area contributed by atoms with E-state index in [4.69, 9.17) is 22.2 Å². The number of piperidine rings is 2. The number of nitrogens with zero attached hydrogens (tertiary/aromatic N) is 4. The highest BCUT2D eigenvalue weighted by Crippen LogP contribution is 2.38. The summed E-state index contributed by atoms with van der Waals surface area (Å²) >= 11 is 6.05. The molecule has 256 valence electrons. The monoisotopic (exact) mass is 679 g/mol. The minimum absolute atomic E-state index is 0.0512. The molecule has 11 nitrogen and oxygen atoms in total. The maximum atomic E-state index is 13.7. The smallest absolute Gasteiger partial charge is 0.397 e. The number of para-hydroxylation sites is 1. The molecule has 0 spiro atoms. The second-order valence-corrected chi connectivity index (χ2v) is 12.9. The Morgan fingerprint density at radius 1 is 1.09 bits per heavy atom. The van der Waals surface area contributed by atoms with E-state index in [9.17, 15) is 27.6 Å². The Labute approximate surface area is 277 Å². The van der Waals surface area contributed by atoms with Gasteiger partial charge in [0.2, 0.25) is 5.91 Å². The van der Waals surface area contributed by atoms with Gasteiger partial charge in [-0.1, -0.05) is 29.8 Å². The van der Waals surface area contributed by atoms with E-state index in [0.29, 0.717) is 51.6 Å². The van der Waals surface area contributed by atoms with Crippen molar-refractivity contribution in [2.75, 3.05) is 57.9 Å². The molecule has 0 bridgehead atoms. The number of carbonyl (C=O) groups is 3. The number of benzene rings is 2. The minimum atomic E-state index is -4.76. The number of likely N-dealkylation sites (tertiary alicyclic amines) is 1. The largest absolute Gasteiger partial charge is 0.426 e. The summed E-state index contributed by atoms with van der Waals surface area (Å²) in [6.07, 6.45) is -2.62. The Morgan fingerprint density at radius 3 is 2.43 bits per heavy atom. The predicted molar refractivity (Wildman–Crippen MR) is 172 cm³/mol. The van der Waals surface area contributed by atoms with Crippen LogP contribution in [0.2, 0.25) is 5.02 Å². The van der Waals surface area contributed by atoms with Crippen LogP contribution in [0.4, 0.5) is 34.1 Å². The van der Waals surface area contributed by atoms with Crippen molar-refractivity contribution in [1.29, 1.82) is 0 Å². The summed E-state index contributed by atoms with van der Waals surface area (Å²) in [5.41, 5.74) is 5.87. The van der Waals surface area contributed by atoms with Gasteiger partial charge in [0.25, 0.3) is 0 Å². The van der Waals surface area contributed by atoms with Gasteiger partial charge >= 0.3 is 18.3 Å². The van der Waals surface area contributed by atoms with Crippen molar-refractivity contribution in [2.45, 2.75) is 62.8 Å². The summed E-state index contributed by atoms with van der Waals surface area (Å²) in [6, 6.07) is 8.70. The number of anilines is 2. The van der Waals surface area contributed by atoms with Crippen molar-refractivity contribution in [2.24, 2.45) is 0 Å². The first-order valence-corrected chi connectivity index (χ1v) is 16.2. The SMILES string of the molecule is CN(C)C1CCN(C(=O)C(Cc2cc(Cl)c(N)c(C(F)(F)F)c2)NC(=O)ON2CCC(N3CCc4ccccc4NC3=O)CC2)CC1. The topological polar surface area (TPSA) is 123 Å². The molecular formula is C32H41ClF3N7O4. The minimum Gasteiger partial charge on any atom is -0.397 e. The number of nitrogens with one attached hydrogen (secondary N) is 2. The number of hydrogen-bond acceptors (Lipinski definition) is 7. The fraction of sp³-hybridized carbons (Fsp3) is 0.531. The van der Waals surface area contributed by atoms with Gasteiger partial charge in [-0.25, -0.2) is 9.59 Å². The van der Waals surface area contributed by atoms with Crippen LogP contribution < -0.4 is 16.4 Å². The molecule has 4 N–H and O–H groups in total. The van der Waals surface area contributed by atoms with Crippen molar-refractivity contribution >= 4 is 41.0 Å². The molecule has 2 saturated heterocycles. The van der Waals surface area contributed by atoms with Gasteiger partial charge < -0.3 is 35.9 Å². The molecule has 4 amide bonds. The summed E-state index contributed by atoms with van der Waals surface area (Å²) in [7, 11) is 3.94. The van der Waals surface area contributed by atoms with Gasteiger partial charge in [-0.15, -0.1) is 5.06 Å². The van der Waals surface area contributed by atoms with Gasteiger partial charge in [0, 0.05) is 56.9 Å². The lowest BCUT2D eigenvalue weighted by molar-refractivity contribution is -0.137. The van der Waals surface area contributed by atoms with Crippen LogP contribution in [0.1, 0.15) is 42.4 Å². The first-order chi connectivity index (χ1) is 22.3. The third-order valence-electron chi connectivity index (χ3n) is 9.25. The Hall–Kier alpha value is -3.75. The van der Waals surface area contributed by atoms with Gasteiger partial charge in [-0.2, -0.15) is 13.2 Å².